The number of allylic oxidation sites excluding steroid dienone is 2. The summed E-state index contributed by atoms with van der Waals surface area (Å²) in [7, 11) is 0. The molecule has 2 saturated heterocycles. The van der Waals surface area contributed by atoms with Crippen molar-refractivity contribution in [2.75, 3.05) is 19.6 Å². The van der Waals surface area contributed by atoms with Gasteiger partial charge in [0.2, 0.25) is 59.1 Å². The number of unbranched alkanes of at least 4 members (excludes halogenated alkanes) is 1. The van der Waals surface area contributed by atoms with E-state index in [0.29, 0.717) is 27.7 Å². The zero-order valence-corrected chi connectivity index (χ0v) is 60.1. The molecule has 10 amide bonds. The number of carboxylic acid groups (broad SMARTS) is 1. The highest BCUT2D eigenvalue weighted by atomic mass is 16.4. The number of benzene rings is 2. The summed E-state index contributed by atoms with van der Waals surface area (Å²) in [6.45, 7) is 17.0. The van der Waals surface area contributed by atoms with Gasteiger partial charge in [-0.1, -0.05) is 104 Å². The second-order valence-corrected chi connectivity index (χ2v) is 28.9. The fourth-order valence-corrected chi connectivity index (χ4v) is 12.9. The number of rotatable bonds is 22. The fourth-order valence-electron chi connectivity index (χ4n) is 12.9. The summed E-state index contributed by atoms with van der Waals surface area (Å²) in [5.41, 5.74) is 13.2. The minimum atomic E-state index is -1.94. The molecule has 6 rings (SSSR count). The highest BCUT2D eigenvalue weighted by molar-refractivity contribution is 6.22. The number of nitrogens with one attached hydrogen (secondary N) is 10. The number of nitrogens with two attached hydrogens (primary N) is 2. The maximum Gasteiger partial charge on any atom is 0.305 e. The first-order chi connectivity index (χ1) is 48.1. The SMILES string of the molecule is CC(=NCCCC[C@@H]1NC(=O)[C@@H](Cc2ccccc2)NC(=O)[C@H](CC(C)C)NC(=O)[C@H](CC(=O)O)NC(=O)[C@H]([C@@H](C)O)NC(=O)[C@@H]2CCCN2C(=O)[C@@H](Cc2c[nH]c3ccccc23)NC(=O)[C@H](CC(C)C)NC(=O)[C@H](CCCN=C(N)N)NC(=O)[C@H](C(C)C)NC1=O)C1=C(O)CC(C)(C)CC1=O. The number of carboxylic acids is 1. The molecule has 1 aliphatic carbocycles. The molecule has 0 saturated carbocycles. The summed E-state index contributed by atoms with van der Waals surface area (Å²) in [6.07, 6.45) is -0.336. The summed E-state index contributed by atoms with van der Waals surface area (Å²) < 4.78 is 0. The predicted octanol–water partition coefficient (Wildman–Crippen LogP) is 1.81. The van der Waals surface area contributed by atoms with E-state index in [0.717, 1.165) is 6.92 Å². The van der Waals surface area contributed by atoms with Gasteiger partial charge in [-0.2, -0.15) is 0 Å². The number of carbonyl (C=O) groups is 12. The standard InChI is InChI=1S/C72H105N15O15/c1-38(2)30-49-63(95)82-51(32-43-20-12-11-13-21-43)65(97)78-47(24-16-17-27-75-41(7)58-55(89)35-72(9,10)36-56(58)90)62(94)85-59(40(5)6)68(100)79-48(25-18-28-76-71(73)74)61(93)80-50(31-39(3)4)64(96)84-53(33-44-37-77-46-23-15-14-22-45(44)46)70(102)87-29-19-26-54(87)67(99)86-60(42(8)88)69(101)83-52(34-57(91)92)66(98)81-49/h11-15,20-23,37-40,42,47-54,59-60,77,88-89H,16-19,24-36H2,1-10H3,(H,78,97)(H,79,100)(H,80,93)(H,81,98)(H,82,95)(H,83,101)(H,84,96)(H,85,94)(H,86,99)(H,91,92)(H4,73,74,76)/t42-,47+,48+,49+,50+,51-,52+,53-,54+,59+,60+/m1/s1. The van der Waals surface area contributed by atoms with E-state index in [2.05, 4.69) is 62.8 Å². The molecule has 11 atom stereocenters. The molecule has 2 fully saturated rings. The van der Waals surface area contributed by atoms with Crippen LogP contribution < -0.4 is 59.3 Å². The Morgan fingerprint density at radius 3 is 1.70 bits per heavy atom. The summed E-state index contributed by atoms with van der Waals surface area (Å²) in [4.78, 5) is 187. The van der Waals surface area contributed by atoms with E-state index in [-0.39, 0.29) is 138 Å². The molecule has 0 bridgehead atoms. The minimum Gasteiger partial charge on any atom is -0.511 e. The highest BCUT2D eigenvalue weighted by Gasteiger charge is 2.43. The van der Waals surface area contributed by atoms with Crippen LogP contribution in [0.15, 0.2) is 82.1 Å². The Labute approximate surface area is 594 Å². The zero-order valence-electron chi connectivity index (χ0n) is 60.1. The van der Waals surface area contributed by atoms with E-state index in [4.69, 9.17) is 11.5 Å². The maximum atomic E-state index is 15.2. The van der Waals surface area contributed by atoms with Crippen LogP contribution >= 0.6 is 0 Å². The lowest BCUT2D eigenvalue weighted by Crippen LogP contribution is -2.62. The average molecular weight is 1420 g/mol. The van der Waals surface area contributed by atoms with Gasteiger partial charge in [0, 0.05) is 68.1 Å². The van der Waals surface area contributed by atoms with Crippen LogP contribution in [-0.2, 0) is 70.4 Å². The number of aromatic amines is 1. The number of aromatic nitrogens is 1. The molecular weight excluding hydrogens is 1310 g/mol. The van der Waals surface area contributed by atoms with E-state index in [1.165, 1.54) is 4.90 Å². The van der Waals surface area contributed by atoms with Crippen LogP contribution in [-0.4, -0.2) is 194 Å². The summed E-state index contributed by atoms with van der Waals surface area (Å²) in [5, 5.41) is 57.0. The van der Waals surface area contributed by atoms with Crippen LogP contribution in [0.3, 0.4) is 0 Å². The third-order valence-corrected chi connectivity index (χ3v) is 18.1. The Bertz CT molecular complexity index is 3600. The smallest absolute Gasteiger partial charge is 0.305 e. The lowest BCUT2D eigenvalue weighted by atomic mass is 9.76. The van der Waals surface area contributed by atoms with E-state index in [9.17, 15) is 53.7 Å². The van der Waals surface area contributed by atoms with Crippen molar-refractivity contribution in [2.24, 2.45) is 44.6 Å². The molecule has 3 aromatic rings. The van der Waals surface area contributed by atoms with Crippen molar-refractivity contribution < 1.29 is 72.9 Å². The first kappa shape index (κ1) is 81.2. The van der Waals surface area contributed by atoms with Crippen molar-refractivity contribution in [3.05, 3.63) is 83.3 Å². The van der Waals surface area contributed by atoms with Gasteiger partial charge in [0.05, 0.1) is 18.1 Å². The van der Waals surface area contributed by atoms with E-state index in [1.54, 1.807) is 97.1 Å². The number of nitrogens with zero attached hydrogens (tertiary/aromatic N) is 3. The predicted molar refractivity (Wildman–Crippen MR) is 381 cm³/mol. The minimum absolute atomic E-state index is 0.00472. The molecule has 30 heteroatoms. The third kappa shape index (κ3) is 24.0. The average Bonchev–Trinajstić information content (AvgIpc) is 1.30. The number of carbonyl (C=O) groups excluding carboxylic acids is 11. The molecule has 0 spiro atoms. The molecule has 558 valence electrons. The number of Topliss-reactive ketones (excluding diaryl/α,β-unsaturated/α-hetero) is 1. The van der Waals surface area contributed by atoms with Gasteiger partial charge >= 0.3 is 5.97 Å². The number of aliphatic hydroxyl groups excluding tert-OH is 2. The van der Waals surface area contributed by atoms with E-state index in [1.807, 2.05) is 26.0 Å². The third-order valence-electron chi connectivity index (χ3n) is 18.1. The molecule has 17 N–H and O–H groups in total. The Balaban J connectivity index is 1.45. The largest absolute Gasteiger partial charge is 0.511 e. The van der Waals surface area contributed by atoms with Crippen molar-refractivity contribution in [2.45, 2.75) is 226 Å². The molecule has 3 heterocycles. The Kier molecular flexibility index (Phi) is 30.1. The van der Waals surface area contributed by atoms with Crippen LogP contribution in [0.2, 0.25) is 0 Å². The summed E-state index contributed by atoms with van der Waals surface area (Å²) in [5.74, 6) is -12.6. The molecule has 30 nitrogen and oxygen atoms in total. The van der Waals surface area contributed by atoms with Crippen LogP contribution in [0.1, 0.15) is 157 Å². The van der Waals surface area contributed by atoms with Crippen molar-refractivity contribution in [3.63, 3.8) is 0 Å². The number of aliphatic imine (C=N–C) groups is 2. The second-order valence-electron chi connectivity index (χ2n) is 28.9. The molecule has 102 heavy (non-hydrogen) atoms. The topological polar surface area (TPSA) is 470 Å². The Morgan fingerprint density at radius 2 is 1.10 bits per heavy atom. The highest BCUT2D eigenvalue weighted by Crippen LogP contribution is 2.36. The van der Waals surface area contributed by atoms with Gasteiger partial charge in [0.25, 0.3) is 0 Å². The number of fused-ring (bicyclic) bond motifs is 2. The van der Waals surface area contributed by atoms with Crippen LogP contribution in [0.5, 0.6) is 0 Å². The summed E-state index contributed by atoms with van der Waals surface area (Å²) in [6, 6.07) is 0.511. The molecule has 0 radical (unpaired) electrons. The van der Waals surface area contributed by atoms with Crippen LogP contribution in [0.25, 0.3) is 10.9 Å². The first-order valence-corrected chi connectivity index (χ1v) is 35.2. The lowest BCUT2D eigenvalue weighted by molar-refractivity contribution is -0.143. The van der Waals surface area contributed by atoms with Crippen LogP contribution in [0.4, 0.5) is 0 Å². The Hall–Kier alpha value is -9.74. The van der Waals surface area contributed by atoms with Crippen molar-refractivity contribution in [1.82, 2.24) is 57.7 Å². The number of hydrogen-bond donors (Lipinski definition) is 15. The molecule has 2 aromatic carbocycles. The number of ketones is 1. The number of guanidine groups is 1. The van der Waals surface area contributed by atoms with Gasteiger partial charge in [-0.3, -0.25) is 67.5 Å². The van der Waals surface area contributed by atoms with Gasteiger partial charge in [-0.05, 0) is 112 Å². The zero-order chi connectivity index (χ0) is 75.3. The van der Waals surface area contributed by atoms with Crippen molar-refractivity contribution >= 4 is 93.4 Å². The number of para-hydroxylation sites is 1. The first-order valence-electron chi connectivity index (χ1n) is 35.2. The molecule has 2 aliphatic heterocycles. The normalized spacial score (nSPS) is 24.9. The maximum absolute atomic E-state index is 15.2. The number of aliphatic hydroxyl groups is 2. The monoisotopic (exact) mass is 1420 g/mol. The fraction of sp³-hybridized carbons (Fsp3) is 0.583. The number of aliphatic carboxylic acids is 1. The molecule has 0 unspecified atom stereocenters. The number of hydrogen-bond acceptors (Lipinski definition) is 16. The van der Waals surface area contributed by atoms with Crippen LogP contribution in [0, 0.1) is 23.2 Å². The number of H-pyrrole nitrogens is 1. The van der Waals surface area contributed by atoms with E-state index < -0.39 is 149 Å². The lowest BCUT2D eigenvalue weighted by Gasteiger charge is -2.32. The summed E-state index contributed by atoms with van der Waals surface area (Å²) >= 11 is 0. The van der Waals surface area contributed by atoms with Gasteiger partial charge in [-0.15, -0.1) is 0 Å². The van der Waals surface area contributed by atoms with Gasteiger partial charge in [0.15, 0.2) is 11.7 Å². The van der Waals surface area contributed by atoms with Crippen molar-refractivity contribution in [3.8, 4) is 0 Å². The second kappa shape index (κ2) is 37.8. The molecule has 1 aromatic heterocycles. The van der Waals surface area contributed by atoms with Gasteiger partial charge < -0.3 is 84.5 Å². The van der Waals surface area contributed by atoms with Crippen molar-refractivity contribution in [1.29, 1.82) is 0 Å². The van der Waals surface area contributed by atoms with E-state index >= 15 is 19.2 Å². The molecule has 3 aliphatic rings. The van der Waals surface area contributed by atoms with Gasteiger partial charge in [0.1, 0.15) is 66.2 Å². The van der Waals surface area contributed by atoms with Gasteiger partial charge in [-0.25, -0.2) is 0 Å². The number of amides is 10. The molecular formula is C72H105N15O15. The Morgan fingerprint density at radius 1 is 0.588 bits per heavy atom. The quantitative estimate of drug-likeness (QED) is 0.0387.